The Morgan fingerprint density at radius 2 is 2.00 bits per heavy atom. The van der Waals surface area contributed by atoms with Crippen molar-refractivity contribution < 1.29 is 9.90 Å². The Bertz CT molecular complexity index is 357. The molecular formula is C10H10BrNO2. The van der Waals surface area contributed by atoms with Crippen molar-refractivity contribution in [1.29, 1.82) is 0 Å². The standard InChI is InChI=1S/C10H10BrNO2/c1-7(10(13)14)12-6-8-2-4-9(11)5-3-8/h2-5H,6H2,1H3,(H,13,14). The molecule has 14 heavy (non-hydrogen) atoms. The second-order valence-electron chi connectivity index (χ2n) is 2.83. The van der Waals surface area contributed by atoms with Crippen molar-refractivity contribution >= 4 is 27.6 Å². The summed E-state index contributed by atoms with van der Waals surface area (Å²) in [6, 6.07) is 7.62. The number of hydrogen-bond donors (Lipinski definition) is 1. The van der Waals surface area contributed by atoms with E-state index in [4.69, 9.17) is 5.11 Å². The lowest BCUT2D eigenvalue weighted by molar-refractivity contribution is -0.129. The first kappa shape index (κ1) is 10.9. The molecule has 1 N–H and O–H groups in total. The largest absolute Gasteiger partial charge is 0.477 e. The molecule has 0 fully saturated rings. The van der Waals surface area contributed by atoms with Crippen molar-refractivity contribution in [3.63, 3.8) is 0 Å². The van der Waals surface area contributed by atoms with E-state index < -0.39 is 5.97 Å². The van der Waals surface area contributed by atoms with Gasteiger partial charge in [-0.25, -0.2) is 4.79 Å². The minimum Gasteiger partial charge on any atom is -0.477 e. The molecule has 0 radical (unpaired) electrons. The van der Waals surface area contributed by atoms with Gasteiger partial charge in [0.25, 0.3) is 0 Å². The smallest absolute Gasteiger partial charge is 0.349 e. The second kappa shape index (κ2) is 4.91. The quantitative estimate of drug-likeness (QED) is 0.844. The summed E-state index contributed by atoms with van der Waals surface area (Å²) in [4.78, 5) is 14.4. The minimum absolute atomic E-state index is 0.132. The molecule has 0 bridgehead atoms. The monoisotopic (exact) mass is 255 g/mol. The predicted molar refractivity (Wildman–Crippen MR) is 58.6 cm³/mol. The summed E-state index contributed by atoms with van der Waals surface area (Å²) in [5, 5.41) is 8.57. The summed E-state index contributed by atoms with van der Waals surface area (Å²) in [7, 11) is 0. The fourth-order valence-electron chi connectivity index (χ4n) is 0.867. The maximum absolute atomic E-state index is 10.4. The van der Waals surface area contributed by atoms with Gasteiger partial charge in [-0.05, 0) is 24.6 Å². The molecule has 0 atom stereocenters. The van der Waals surface area contributed by atoms with E-state index in [2.05, 4.69) is 20.9 Å². The number of nitrogens with zero attached hydrogens (tertiary/aromatic N) is 1. The van der Waals surface area contributed by atoms with E-state index in [0.29, 0.717) is 6.54 Å². The number of aliphatic imine (C=N–C) groups is 1. The SMILES string of the molecule is CC(=NCc1ccc(Br)cc1)C(=O)O. The fourth-order valence-corrected chi connectivity index (χ4v) is 1.13. The molecule has 0 amide bonds. The van der Waals surface area contributed by atoms with E-state index in [9.17, 15) is 4.79 Å². The molecule has 0 saturated carbocycles. The molecule has 0 heterocycles. The summed E-state index contributed by atoms with van der Waals surface area (Å²) < 4.78 is 1.00. The highest BCUT2D eigenvalue weighted by Gasteiger charge is 2.00. The van der Waals surface area contributed by atoms with Crippen molar-refractivity contribution in [3.05, 3.63) is 34.3 Å². The van der Waals surface area contributed by atoms with E-state index in [1.54, 1.807) is 0 Å². The van der Waals surface area contributed by atoms with Crippen molar-refractivity contribution in [2.75, 3.05) is 0 Å². The second-order valence-corrected chi connectivity index (χ2v) is 3.75. The fraction of sp³-hybridized carbons (Fsp3) is 0.200. The summed E-state index contributed by atoms with van der Waals surface area (Å²) in [5.74, 6) is -0.970. The van der Waals surface area contributed by atoms with Gasteiger partial charge in [-0.1, -0.05) is 28.1 Å². The number of halogens is 1. The van der Waals surface area contributed by atoms with Gasteiger partial charge in [-0.3, -0.25) is 4.99 Å². The highest BCUT2D eigenvalue weighted by atomic mass is 79.9. The predicted octanol–water partition coefficient (Wildman–Crippen LogP) is 2.49. The van der Waals surface area contributed by atoms with Crippen molar-refractivity contribution in [3.8, 4) is 0 Å². The summed E-state index contributed by atoms with van der Waals surface area (Å²) in [6.07, 6.45) is 0. The lowest BCUT2D eigenvalue weighted by Gasteiger charge is -1.97. The van der Waals surface area contributed by atoms with Gasteiger partial charge in [0, 0.05) is 4.47 Å². The van der Waals surface area contributed by atoms with Crippen molar-refractivity contribution in [1.82, 2.24) is 0 Å². The van der Waals surface area contributed by atoms with Crippen LogP contribution in [-0.4, -0.2) is 16.8 Å². The zero-order valence-corrected chi connectivity index (χ0v) is 9.28. The van der Waals surface area contributed by atoms with Crippen LogP contribution in [0.15, 0.2) is 33.7 Å². The number of carboxylic acid groups (broad SMARTS) is 1. The summed E-state index contributed by atoms with van der Waals surface area (Å²) in [6.45, 7) is 1.90. The number of rotatable bonds is 3. The van der Waals surface area contributed by atoms with Gasteiger partial charge < -0.3 is 5.11 Å². The van der Waals surface area contributed by atoms with Gasteiger partial charge in [-0.2, -0.15) is 0 Å². The molecule has 0 aromatic heterocycles. The van der Waals surface area contributed by atoms with Gasteiger partial charge in [0.1, 0.15) is 5.71 Å². The Labute approximate surface area is 90.6 Å². The zero-order chi connectivity index (χ0) is 10.6. The third-order valence-corrected chi connectivity index (χ3v) is 2.25. The van der Waals surface area contributed by atoms with Crippen LogP contribution in [0.4, 0.5) is 0 Å². The zero-order valence-electron chi connectivity index (χ0n) is 7.70. The summed E-state index contributed by atoms with van der Waals surface area (Å²) in [5.41, 5.74) is 1.13. The molecule has 1 aromatic rings. The molecule has 0 spiro atoms. The molecule has 0 saturated heterocycles. The van der Waals surface area contributed by atoms with Crippen molar-refractivity contribution in [2.24, 2.45) is 4.99 Å². The molecule has 74 valence electrons. The Balaban J connectivity index is 2.66. The maximum Gasteiger partial charge on any atom is 0.349 e. The van der Waals surface area contributed by atoms with Crippen LogP contribution in [0, 0.1) is 0 Å². The van der Waals surface area contributed by atoms with Crippen LogP contribution in [0.25, 0.3) is 0 Å². The number of benzene rings is 1. The number of carboxylic acids is 1. The Kier molecular flexibility index (Phi) is 3.83. The molecule has 0 aliphatic carbocycles. The molecular weight excluding hydrogens is 246 g/mol. The van der Waals surface area contributed by atoms with Crippen LogP contribution in [0.2, 0.25) is 0 Å². The Hall–Kier alpha value is -1.16. The van der Waals surface area contributed by atoms with Gasteiger partial charge >= 0.3 is 5.97 Å². The molecule has 1 aromatic carbocycles. The van der Waals surface area contributed by atoms with Crippen LogP contribution in [0.1, 0.15) is 12.5 Å². The lowest BCUT2D eigenvalue weighted by atomic mass is 10.2. The molecule has 0 aliphatic rings. The van der Waals surface area contributed by atoms with Gasteiger partial charge in [0.05, 0.1) is 6.54 Å². The van der Waals surface area contributed by atoms with E-state index in [0.717, 1.165) is 10.0 Å². The molecule has 0 aliphatic heterocycles. The Morgan fingerprint density at radius 1 is 1.43 bits per heavy atom. The number of aliphatic carboxylic acids is 1. The van der Waals surface area contributed by atoms with Crippen molar-refractivity contribution in [2.45, 2.75) is 13.5 Å². The molecule has 3 nitrogen and oxygen atoms in total. The lowest BCUT2D eigenvalue weighted by Crippen LogP contribution is -2.08. The van der Waals surface area contributed by atoms with Crippen LogP contribution < -0.4 is 0 Å². The molecule has 0 unspecified atom stereocenters. The van der Waals surface area contributed by atoms with Gasteiger partial charge in [0.2, 0.25) is 0 Å². The first-order valence-corrected chi connectivity index (χ1v) is 4.87. The number of hydrogen-bond acceptors (Lipinski definition) is 2. The van der Waals surface area contributed by atoms with E-state index in [1.165, 1.54) is 6.92 Å². The maximum atomic E-state index is 10.4. The average Bonchev–Trinajstić information content (AvgIpc) is 2.16. The first-order chi connectivity index (χ1) is 6.59. The van der Waals surface area contributed by atoms with Gasteiger partial charge in [0.15, 0.2) is 0 Å². The van der Waals surface area contributed by atoms with E-state index in [1.807, 2.05) is 24.3 Å². The average molecular weight is 256 g/mol. The highest BCUT2D eigenvalue weighted by Crippen LogP contribution is 2.11. The summed E-state index contributed by atoms with van der Waals surface area (Å²) >= 11 is 3.32. The Morgan fingerprint density at radius 3 is 2.50 bits per heavy atom. The minimum atomic E-state index is -0.970. The molecule has 4 heteroatoms. The first-order valence-electron chi connectivity index (χ1n) is 4.08. The molecule has 1 rings (SSSR count). The highest BCUT2D eigenvalue weighted by molar-refractivity contribution is 9.10. The van der Waals surface area contributed by atoms with Crippen LogP contribution in [-0.2, 0) is 11.3 Å². The third-order valence-electron chi connectivity index (χ3n) is 1.72. The van der Waals surface area contributed by atoms with E-state index in [-0.39, 0.29) is 5.71 Å². The topological polar surface area (TPSA) is 49.7 Å². The van der Waals surface area contributed by atoms with Crippen LogP contribution >= 0.6 is 15.9 Å². The van der Waals surface area contributed by atoms with Crippen LogP contribution in [0.5, 0.6) is 0 Å². The third kappa shape index (κ3) is 3.30. The number of carbonyl (C=O) groups is 1. The van der Waals surface area contributed by atoms with E-state index >= 15 is 0 Å². The normalized spacial score (nSPS) is 11.4. The van der Waals surface area contributed by atoms with Gasteiger partial charge in [-0.15, -0.1) is 0 Å². The van der Waals surface area contributed by atoms with Crippen LogP contribution in [0.3, 0.4) is 0 Å².